The van der Waals surface area contributed by atoms with E-state index in [2.05, 4.69) is 0 Å². The SMILES string of the molecule is CN(C)C(=O)[C@H](Oc1cccc2ccccc12)c1ccccc1. The Morgan fingerprint density at radius 2 is 1.52 bits per heavy atom. The number of ether oxygens (including phenoxy) is 1. The lowest BCUT2D eigenvalue weighted by molar-refractivity contribution is -0.136. The third-order valence-electron chi connectivity index (χ3n) is 3.76. The van der Waals surface area contributed by atoms with Crippen molar-refractivity contribution >= 4 is 16.7 Å². The molecule has 3 nitrogen and oxygen atoms in total. The minimum absolute atomic E-state index is 0.0795. The van der Waals surface area contributed by atoms with E-state index in [9.17, 15) is 4.79 Å². The Balaban J connectivity index is 2.02. The van der Waals surface area contributed by atoms with Crippen molar-refractivity contribution in [3.05, 3.63) is 78.4 Å². The molecule has 0 saturated heterocycles. The van der Waals surface area contributed by atoms with E-state index in [4.69, 9.17) is 4.74 Å². The molecule has 0 aromatic heterocycles. The number of amides is 1. The molecule has 3 aromatic rings. The van der Waals surface area contributed by atoms with Gasteiger partial charge >= 0.3 is 0 Å². The number of carbonyl (C=O) groups is 1. The number of rotatable bonds is 4. The highest BCUT2D eigenvalue weighted by atomic mass is 16.5. The molecule has 0 radical (unpaired) electrons. The quantitative estimate of drug-likeness (QED) is 0.728. The molecule has 0 aliphatic carbocycles. The van der Waals surface area contributed by atoms with Crippen LogP contribution >= 0.6 is 0 Å². The van der Waals surface area contributed by atoms with Crippen molar-refractivity contribution in [1.29, 1.82) is 0 Å². The topological polar surface area (TPSA) is 29.5 Å². The molecule has 0 unspecified atom stereocenters. The average molecular weight is 305 g/mol. The third kappa shape index (κ3) is 3.19. The average Bonchev–Trinajstić information content (AvgIpc) is 2.60. The zero-order chi connectivity index (χ0) is 16.2. The second-order valence-electron chi connectivity index (χ2n) is 5.62. The van der Waals surface area contributed by atoms with E-state index in [-0.39, 0.29) is 5.91 Å². The van der Waals surface area contributed by atoms with Crippen molar-refractivity contribution in [2.45, 2.75) is 6.10 Å². The van der Waals surface area contributed by atoms with Gasteiger partial charge in [0.2, 0.25) is 6.10 Å². The van der Waals surface area contributed by atoms with Gasteiger partial charge in [-0.05, 0) is 11.5 Å². The lowest BCUT2D eigenvalue weighted by Gasteiger charge is -2.23. The number of fused-ring (bicyclic) bond motifs is 1. The van der Waals surface area contributed by atoms with E-state index in [1.807, 2.05) is 72.8 Å². The summed E-state index contributed by atoms with van der Waals surface area (Å²) in [6.45, 7) is 0. The largest absolute Gasteiger partial charge is 0.475 e. The Morgan fingerprint density at radius 3 is 2.26 bits per heavy atom. The number of benzene rings is 3. The van der Waals surface area contributed by atoms with Gasteiger partial charge in [0.25, 0.3) is 5.91 Å². The van der Waals surface area contributed by atoms with E-state index in [0.29, 0.717) is 5.75 Å². The van der Waals surface area contributed by atoms with Crippen LogP contribution in [0.4, 0.5) is 0 Å². The van der Waals surface area contributed by atoms with E-state index < -0.39 is 6.10 Å². The lowest BCUT2D eigenvalue weighted by Crippen LogP contribution is -2.31. The van der Waals surface area contributed by atoms with Gasteiger partial charge in [0.05, 0.1) is 0 Å². The molecule has 3 rings (SSSR count). The van der Waals surface area contributed by atoms with Crippen LogP contribution in [0.25, 0.3) is 10.8 Å². The number of hydrogen-bond donors (Lipinski definition) is 0. The predicted molar refractivity (Wildman–Crippen MR) is 92.5 cm³/mol. The summed E-state index contributed by atoms with van der Waals surface area (Å²) in [6, 6.07) is 23.5. The first-order chi connectivity index (χ1) is 11.2. The van der Waals surface area contributed by atoms with Crippen LogP contribution in [-0.2, 0) is 4.79 Å². The van der Waals surface area contributed by atoms with Crippen LogP contribution in [0, 0.1) is 0 Å². The minimum atomic E-state index is -0.656. The van der Waals surface area contributed by atoms with Crippen LogP contribution in [-0.4, -0.2) is 24.9 Å². The fourth-order valence-corrected chi connectivity index (χ4v) is 2.55. The third-order valence-corrected chi connectivity index (χ3v) is 3.76. The van der Waals surface area contributed by atoms with Crippen LogP contribution in [0.1, 0.15) is 11.7 Å². The van der Waals surface area contributed by atoms with Crippen molar-refractivity contribution in [1.82, 2.24) is 4.90 Å². The number of nitrogens with zero attached hydrogens (tertiary/aromatic N) is 1. The van der Waals surface area contributed by atoms with Crippen LogP contribution in [0.2, 0.25) is 0 Å². The summed E-state index contributed by atoms with van der Waals surface area (Å²) in [6.07, 6.45) is -0.656. The molecule has 3 aromatic carbocycles. The first-order valence-electron chi connectivity index (χ1n) is 7.57. The van der Waals surface area contributed by atoms with Crippen LogP contribution in [0.5, 0.6) is 5.75 Å². The summed E-state index contributed by atoms with van der Waals surface area (Å²) in [5.74, 6) is 0.635. The molecule has 0 aliphatic rings. The van der Waals surface area contributed by atoms with E-state index in [1.54, 1.807) is 19.0 Å². The monoisotopic (exact) mass is 305 g/mol. The van der Waals surface area contributed by atoms with Crippen LogP contribution in [0.15, 0.2) is 72.8 Å². The van der Waals surface area contributed by atoms with Crippen molar-refractivity contribution in [3.8, 4) is 5.75 Å². The molecule has 0 saturated carbocycles. The fraction of sp³-hybridized carbons (Fsp3) is 0.150. The predicted octanol–water partition coefficient (Wildman–Crippen LogP) is 4.05. The second kappa shape index (κ2) is 6.53. The van der Waals surface area contributed by atoms with Gasteiger partial charge in [-0.1, -0.05) is 66.7 Å². The maximum absolute atomic E-state index is 12.6. The summed E-state index contributed by atoms with van der Waals surface area (Å²) >= 11 is 0. The molecular weight excluding hydrogens is 286 g/mol. The van der Waals surface area contributed by atoms with Gasteiger partial charge in [0, 0.05) is 25.0 Å². The maximum atomic E-state index is 12.6. The van der Waals surface area contributed by atoms with E-state index >= 15 is 0 Å². The Hall–Kier alpha value is -2.81. The first-order valence-corrected chi connectivity index (χ1v) is 7.57. The summed E-state index contributed by atoms with van der Waals surface area (Å²) in [5, 5.41) is 2.09. The number of carbonyl (C=O) groups excluding carboxylic acids is 1. The summed E-state index contributed by atoms with van der Waals surface area (Å²) in [7, 11) is 3.48. The molecular formula is C20H19NO2. The van der Waals surface area contributed by atoms with Gasteiger partial charge in [0.1, 0.15) is 5.75 Å². The Bertz CT molecular complexity index is 807. The van der Waals surface area contributed by atoms with Crippen molar-refractivity contribution in [2.75, 3.05) is 14.1 Å². The molecule has 116 valence electrons. The van der Waals surface area contributed by atoms with Gasteiger partial charge in [-0.3, -0.25) is 4.79 Å². The second-order valence-corrected chi connectivity index (χ2v) is 5.62. The smallest absolute Gasteiger partial charge is 0.267 e. The van der Waals surface area contributed by atoms with Gasteiger partial charge in [-0.2, -0.15) is 0 Å². The maximum Gasteiger partial charge on any atom is 0.267 e. The van der Waals surface area contributed by atoms with E-state index in [1.165, 1.54) is 0 Å². The molecule has 0 aliphatic heterocycles. The fourth-order valence-electron chi connectivity index (χ4n) is 2.55. The molecule has 3 heteroatoms. The Labute approximate surface area is 136 Å². The zero-order valence-electron chi connectivity index (χ0n) is 13.3. The molecule has 1 amide bonds. The van der Waals surface area contributed by atoms with Gasteiger partial charge in [0.15, 0.2) is 0 Å². The lowest BCUT2D eigenvalue weighted by atomic mass is 10.1. The summed E-state index contributed by atoms with van der Waals surface area (Å²) < 4.78 is 6.15. The normalized spacial score (nSPS) is 11.9. The highest BCUT2D eigenvalue weighted by Gasteiger charge is 2.24. The number of hydrogen-bond acceptors (Lipinski definition) is 2. The molecule has 0 spiro atoms. The highest BCUT2D eigenvalue weighted by Crippen LogP contribution is 2.30. The van der Waals surface area contributed by atoms with Gasteiger partial charge in [-0.15, -0.1) is 0 Å². The van der Waals surface area contributed by atoms with E-state index in [0.717, 1.165) is 16.3 Å². The van der Waals surface area contributed by atoms with Crippen molar-refractivity contribution < 1.29 is 9.53 Å². The summed E-state index contributed by atoms with van der Waals surface area (Å²) in [5.41, 5.74) is 0.846. The Kier molecular flexibility index (Phi) is 4.29. The minimum Gasteiger partial charge on any atom is -0.475 e. The molecule has 23 heavy (non-hydrogen) atoms. The summed E-state index contributed by atoms with van der Waals surface area (Å²) in [4.78, 5) is 14.1. The van der Waals surface area contributed by atoms with Gasteiger partial charge < -0.3 is 9.64 Å². The van der Waals surface area contributed by atoms with Crippen molar-refractivity contribution in [3.63, 3.8) is 0 Å². The number of likely N-dealkylation sites (N-methyl/N-ethyl adjacent to an activating group) is 1. The molecule has 0 N–H and O–H groups in total. The van der Waals surface area contributed by atoms with Crippen molar-refractivity contribution in [2.24, 2.45) is 0 Å². The van der Waals surface area contributed by atoms with Gasteiger partial charge in [-0.25, -0.2) is 0 Å². The zero-order valence-corrected chi connectivity index (χ0v) is 13.3. The molecule has 0 bridgehead atoms. The highest BCUT2D eigenvalue weighted by molar-refractivity contribution is 5.89. The van der Waals surface area contributed by atoms with Crippen LogP contribution in [0.3, 0.4) is 0 Å². The molecule has 0 heterocycles. The standard InChI is InChI=1S/C20H19NO2/c1-21(2)20(22)19(16-10-4-3-5-11-16)23-18-14-8-12-15-9-6-7-13-17(15)18/h3-14,19H,1-2H3/t19-/m1/s1. The molecule has 0 fully saturated rings. The Morgan fingerprint density at radius 1 is 0.870 bits per heavy atom. The van der Waals surface area contributed by atoms with Crippen LogP contribution < -0.4 is 4.74 Å². The first kappa shape index (κ1) is 15.1. The molecule has 1 atom stereocenters.